The number of morpholine rings is 1. The molecule has 3 aliphatic rings. The monoisotopic (exact) mass is 417 g/mol. The van der Waals surface area contributed by atoms with Gasteiger partial charge >= 0.3 is 6.03 Å². The number of fused-ring (bicyclic) bond motifs is 1. The van der Waals surface area contributed by atoms with E-state index in [2.05, 4.69) is 10.6 Å². The Bertz CT molecular complexity index is 792. The first-order chi connectivity index (χ1) is 14.5. The number of phenols is 1. The lowest BCUT2D eigenvalue weighted by atomic mass is 9.94. The van der Waals surface area contributed by atoms with Crippen molar-refractivity contribution in [2.75, 3.05) is 32.8 Å². The summed E-state index contributed by atoms with van der Waals surface area (Å²) < 4.78 is 11.1. The molecule has 0 bridgehead atoms. The molecule has 3 aliphatic heterocycles. The molecule has 0 aromatic heterocycles. The van der Waals surface area contributed by atoms with E-state index in [0.717, 1.165) is 24.9 Å². The van der Waals surface area contributed by atoms with Crippen LogP contribution in [0.1, 0.15) is 18.4 Å². The molecular formula is C21H27N3O6. The van der Waals surface area contributed by atoms with Crippen LogP contribution < -0.4 is 10.6 Å². The first kappa shape index (κ1) is 20.8. The molecule has 3 N–H and O–H groups in total. The molecule has 162 valence electrons. The third kappa shape index (κ3) is 4.48. The summed E-state index contributed by atoms with van der Waals surface area (Å²) in [6.07, 6.45) is 0.336. The molecule has 3 saturated heterocycles. The molecule has 4 unspecified atom stereocenters. The Morgan fingerprint density at radius 2 is 1.97 bits per heavy atom. The Hall–Kier alpha value is -2.49. The Balaban J connectivity index is 1.51. The lowest BCUT2D eigenvalue weighted by Gasteiger charge is -2.29. The summed E-state index contributed by atoms with van der Waals surface area (Å²) in [5, 5.41) is 15.4. The number of ketones is 2. The summed E-state index contributed by atoms with van der Waals surface area (Å²) in [6.45, 7) is 2.51. The zero-order chi connectivity index (χ0) is 21.1. The van der Waals surface area contributed by atoms with Crippen molar-refractivity contribution in [1.29, 1.82) is 0 Å². The molecule has 3 fully saturated rings. The van der Waals surface area contributed by atoms with E-state index < -0.39 is 24.0 Å². The second kappa shape index (κ2) is 9.11. The highest BCUT2D eigenvalue weighted by molar-refractivity contribution is 6.11. The number of rotatable bonds is 5. The maximum Gasteiger partial charge on any atom is 0.318 e. The number of phenolic OH excluding ortho intramolecular Hbond substituents is 1. The van der Waals surface area contributed by atoms with Crippen LogP contribution in [0.3, 0.4) is 0 Å². The lowest BCUT2D eigenvalue weighted by Crippen LogP contribution is -2.54. The maximum absolute atomic E-state index is 13.3. The van der Waals surface area contributed by atoms with E-state index >= 15 is 0 Å². The predicted molar refractivity (Wildman–Crippen MR) is 106 cm³/mol. The number of amides is 2. The van der Waals surface area contributed by atoms with E-state index in [4.69, 9.17) is 9.47 Å². The zero-order valence-electron chi connectivity index (χ0n) is 16.7. The minimum atomic E-state index is -1.18. The van der Waals surface area contributed by atoms with Crippen LogP contribution in [0.4, 0.5) is 4.79 Å². The van der Waals surface area contributed by atoms with Gasteiger partial charge in [-0.05, 0) is 43.5 Å². The molecule has 3 heterocycles. The molecule has 1 aromatic rings. The van der Waals surface area contributed by atoms with Gasteiger partial charge in [-0.3, -0.25) is 9.59 Å². The van der Waals surface area contributed by atoms with Crippen LogP contribution in [-0.2, 0) is 25.5 Å². The van der Waals surface area contributed by atoms with Crippen molar-refractivity contribution in [3.63, 3.8) is 0 Å². The van der Waals surface area contributed by atoms with Gasteiger partial charge in [0, 0.05) is 13.1 Å². The molecule has 2 amide bonds. The van der Waals surface area contributed by atoms with Gasteiger partial charge in [0.1, 0.15) is 5.75 Å². The van der Waals surface area contributed by atoms with Crippen molar-refractivity contribution in [2.45, 2.75) is 43.6 Å². The fraction of sp³-hybridized carbons (Fsp3) is 0.571. The summed E-state index contributed by atoms with van der Waals surface area (Å²) >= 11 is 0. The third-order valence-electron chi connectivity index (χ3n) is 5.85. The van der Waals surface area contributed by atoms with Crippen LogP contribution in [0.5, 0.6) is 5.75 Å². The number of benzene rings is 1. The molecule has 9 heteroatoms. The minimum Gasteiger partial charge on any atom is -0.508 e. The summed E-state index contributed by atoms with van der Waals surface area (Å²) in [5.41, 5.74) is 0.759. The van der Waals surface area contributed by atoms with E-state index in [1.165, 1.54) is 12.1 Å². The van der Waals surface area contributed by atoms with Crippen LogP contribution in [0.25, 0.3) is 0 Å². The summed E-state index contributed by atoms with van der Waals surface area (Å²) in [7, 11) is 0. The lowest BCUT2D eigenvalue weighted by molar-refractivity contribution is -0.138. The number of aromatic hydroxyl groups is 1. The Labute approximate surface area is 174 Å². The molecule has 4 rings (SSSR count). The minimum absolute atomic E-state index is 0.114. The van der Waals surface area contributed by atoms with Crippen molar-refractivity contribution in [3.8, 4) is 5.75 Å². The average molecular weight is 417 g/mol. The van der Waals surface area contributed by atoms with Crippen molar-refractivity contribution >= 4 is 17.6 Å². The number of nitrogens with zero attached hydrogens (tertiary/aromatic N) is 1. The van der Waals surface area contributed by atoms with Crippen LogP contribution >= 0.6 is 0 Å². The molecule has 0 saturated carbocycles. The smallest absolute Gasteiger partial charge is 0.318 e. The highest BCUT2D eigenvalue weighted by Crippen LogP contribution is 2.26. The van der Waals surface area contributed by atoms with Gasteiger partial charge < -0.3 is 30.1 Å². The number of hydrogen-bond donors (Lipinski definition) is 3. The molecule has 9 nitrogen and oxygen atoms in total. The Morgan fingerprint density at radius 3 is 2.67 bits per heavy atom. The van der Waals surface area contributed by atoms with Crippen molar-refractivity contribution in [3.05, 3.63) is 29.8 Å². The van der Waals surface area contributed by atoms with Crippen LogP contribution in [0, 0.1) is 0 Å². The summed E-state index contributed by atoms with van der Waals surface area (Å²) in [5.74, 6) is -0.588. The number of nitrogens with one attached hydrogen (secondary N) is 2. The number of piperidine rings is 1. The fourth-order valence-electron chi connectivity index (χ4n) is 4.18. The zero-order valence-corrected chi connectivity index (χ0v) is 16.7. The highest BCUT2D eigenvalue weighted by Gasteiger charge is 2.49. The van der Waals surface area contributed by atoms with Gasteiger partial charge in [-0.2, -0.15) is 0 Å². The molecule has 0 radical (unpaired) electrons. The number of carbonyl (C=O) groups excluding carboxylic acids is 3. The number of ether oxygens (including phenoxy) is 2. The van der Waals surface area contributed by atoms with Crippen LogP contribution in [-0.4, -0.2) is 84.7 Å². The van der Waals surface area contributed by atoms with Crippen molar-refractivity contribution < 1.29 is 29.0 Å². The summed E-state index contributed by atoms with van der Waals surface area (Å²) in [6, 6.07) is 4.68. The van der Waals surface area contributed by atoms with E-state index in [0.29, 0.717) is 26.3 Å². The van der Waals surface area contributed by atoms with Crippen LogP contribution in [0.15, 0.2) is 24.3 Å². The molecule has 1 aromatic carbocycles. The largest absolute Gasteiger partial charge is 0.508 e. The van der Waals surface area contributed by atoms with E-state index in [-0.39, 0.29) is 30.1 Å². The fourth-order valence-corrected chi connectivity index (χ4v) is 4.18. The first-order valence-corrected chi connectivity index (χ1v) is 10.4. The molecule has 4 atom stereocenters. The second-order valence-electron chi connectivity index (χ2n) is 7.91. The van der Waals surface area contributed by atoms with Gasteiger partial charge in [0.05, 0.1) is 31.4 Å². The van der Waals surface area contributed by atoms with Gasteiger partial charge in [0.2, 0.25) is 0 Å². The van der Waals surface area contributed by atoms with E-state index in [1.54, 1.807) is 17.0 Å². The van der Waals surface area contributed by atoms with E-state index in [1.807, 2.05) is 0 Å². The van der Waals surface area contributed by atoms with Gasteiger partial charge in [0.15, 0.2) is 17.7 Å². The molecule has 0 spiro atoms. The predicted octanol–water partition coefficient (Wildman–Crippen LogP) is 0.00270. The molecular weight excluding hydrogens is 390 g/mol. The normalized spacial score (nSPS) is 27.4. The standard InChI is InChI=1S/C21H27N3O6/c25-14-5-3-13(4-6-14)12-15(23-21(28)24-8-10-29-11-9-24)18(26)20-19(27)17-16(30-20)2-1-7-22-17/h3-6,15-17,20,22,25H,1-2,7-12H2,(H,23,28). The second-order valence-corrected chi connectivity index (χ2v) is 7.91. The molecule has 30 heavy (non-hydrogen) atoms. The topological polar surface area (TPSA) is 117 Å². The van der Waals surface area contributed by atoms with Crippen molar-refractivity contribution in [1.82, 2.24) is 15.5 Å². The van der Waals surface area contributed by atoms with Gasteiger partial charge in [0.25, 0.3) is 0 Å². The number of urea groups is 1. The first-order valence-electron chi connectivity index (χ1n) is 10.4. The SMILES string of the molecule is O=C(C(Cc1ccc(O)cc1)NC(=O)N1CCOCC1)C1OC2CCCNC2C1=O. The Morgan fingerprint density at radius 1 is 1.23 bits per heavy atom. The van der Waals surface area contributed by atoms with Gasteiger partial charge in [-0.15, -0.1) is 0 Å². The van der Waals surface area contributed by atoms with Gasteiger partial charge in [-0.1, -0.05) is 12.1 Å². The third-order valence-corrected chi connectivity index (χ3v) is 5.85. The number of carbonyl (C=O) groups is 3. The summed E-state index contributed by atoms with van der Waals surface area (Å²) in [4.78, 5) is 40.4. The van der Waals surface area contributed by atoms with E-state index in [9.17, 15) is 19.5 Å². The van der Waals surface area contributed by atoms with Gasteiger partial charge in [-0.25, -0.2) is 4.79 Å². The maximum atomic E-state index is 13.3. The number of hydrogen-bond acceptors (Lipinski definition) is 7. The van der Waals surface area contributed by atoms with Crippen LogP contribution in [0.2, 0.25) is 0 Å². The molecule has 0 aliphatic carbocycles. The quantitative estimate of drug-likeness (QED) is 0.578. The average Bonchev–Trinajstić information content (AvgIpc) is 3.11. The highest BCUT2D eigenvalue weighted by atomic mass is 16.5. The Kier molecular flexibility index (Phi) is 6.31. The van der Waals surface area contributed by atoms with Crippen molar-refractivity contribution in [2.24, 2.45) is 0 Å². The number of Topliss-reactive ketones (excluding diaryl/α,β-unsaturated/α-hetero) is 2.